The fourth-order valence-corrected chi connectivity index (χ4v) is 1.80. The minimum atomic E-state index is -4.47. The number of hydrogen-bond donors (Lipinski definition) is 2. The molecule has 0 aliphatic rings. The van der Waals surface area contributed by atoms with E-state index in [1.807, 2.05) is 0 Å². The summed E-state index contributed by atoms with van der Waals surface area (Å²) in [5.74, 6) is -0.606. The predicted molar refractivity (Wildman–Crippen MR) is 60.3 cm³/mol. The lowest BCUT2D eigenvalue weighted by Gasteiger charge is -2.12. The van der Waals surface area contributed by atoms with E-state index in [-0.39, 0.29) is 0 Å². The van der Waals surface area contributed by atoms with Crippen LogP contribution < -0.4 is 9.77 Å². The summed E-state index contributed by atoms with van der Waals surface area (Å²) in [7, 11) is -3.43. The summed E-state index contributed by atoms with van der Waals surface area (Å²) in [6, 6.07) is 2.35. The van der Waals surface area contributed by atoms with Gasteiger partial charge in [-0.15, -0.1) is 0 Å². The highest BCUT2D eigenvalue weighted by Crippen LogP contribution is 2.42. The number of nitrogens with one attached hydrogen (secondary N) is 1. The molecule has 0 fully saturated rings. The molecule has 1 aromatic rings. The fourth-order valence-electron chi connectivity index (χ4n) is 1.11. The number of nitro groups is 2. The van der Waals surface area contributed by atoms with E-state index in [4.69, 9.17) is 0 Å². The Balaban J connectivity index is 3.18. The molecule has 0 spiro atoms. The molecule has 1 atom stereocenters. The summed E-state index contributed by atoms with van der Waals surface area (Å²) in [5.41, 5.74) is -1.37. The van der Waals surface area contributed by atoms with E-state index >= 15 is 0 Å². The molecule has 0 heterocycles. The van der Waals surface area contributed by atoms with Gasteiger partial charge in [0.2, 0.25) is 5.75 Å². The van der Waals surface area contributed by atoms with Crippen molar-refractivity contribution in [1.82, 2.24) is 5.25 Å². The molecule has 0 aliphatic heterocycles. The van der Waals surface area contributed by atoms with Crippen LogP contribution in [0.1, 0.15) is 0 Å². The van der Waals surface area contributed by atoms with Gasteiger partial charge in [-0.05, 0) is 6.07 Å². The Labute approximate surface area is 105 Å². The maximum absolute atomic E-state index is 11.3. The average molecular weight is 293 g/mol. The van der Waals surface area contributed by atoms with Crippen molar-refractivity contribution < 1.29 is 28.7 Å². The van der Waals surface area contributed by atoms with Gasteiger partial charge in [-0.25, -0.2) is 4.57 Å². The lowest BCUT2D eigenvalue weighted by Crippen LogP contribution is -2.12. The highest BCUT2D eigenvalue weighted by molar-refractivity contribution is 7.50. The Bertz CT molecular complexity index is 561. The standard InChI is InChI=1S/C7H8N3O8P/c1-17-8-19(15,16)18-7-3-2-5(9(11)12)4-6(7)10(13)14/h2-4H,1H3,(H2,8,15,16). The van der Waals surface area contributed by atoms with Crippen molar-refractivity contribution in [2.75, 3.05) is 7.11 Å². The predicted octanol–water partition coefficient (Wildman–Crippen LogP) is 1.13. The number of hydrogen-bond acceptors (Lipinski definition) is 7. The second kappa shape index (κ2) is 5.71. The van der Waals surface area contributed by atoms with Gasteiger partial charge in [0.25, 0.3) is 5.69 Å². The van der Waals surface area contributed by atoms with Crippen molar-refractivity contribution >= 4 is 19.1 Å². The van der Waals surface area contributed by atoms with Crippen LogP contribution in [-0.4, -0.2) is 21.8 Å². The normalized spacial score (nSPS) is 13.6. The second-order valence-corrected chi connectivity index (χ2v) is 4.48. The number of benzene rings is 1. The van der Waals surface area contributed by atoms with Crippen LogP contribution in [0.3, 0.4) is 0 Å². The van der Waals surface area contributed by atoms with E-state index in [1.165, 1.54) is 0 Å². The van der Waals surface area contributed by atoms with Gasteiger partial charge in [-0.1, -0.05) is 5.25 Å². The minimum Gasteiger partial charge on any atom is -0.405 e. The Morgan fingerprint density at radius 1 is 1.32 bits per heavy atom. The van der Waals surface area contributed by atoms with Crippen molar-refractivity contribution in [3.05, 3.63) is 38.4 Å². The molecule has 0 bridgehead atoms. The molecule has 1 rings (SSSR count). The van der Waals surface area contributed by atoms with Crippen molar-refractivity contribution in [2.45, 2.75) is 0 Å². The Hall–Kier alpha value is -2.07. The summed E-state index contributed by atoms with van der Waals surface area (Å²) in [4.78, 5) is 32.7. The summed E-state index contributed by atoms with van der Waals surface area (Å²) in [6.45, 7) is 0. The third-order valence-corrected chi connectivity index (χ3v) is 2.64. The number of non-ortho nitro benzene ring substituents is 1. The highest BCUT2D eigenvalue weighted by atomic mass is 31.2. The van der Waals surface area contributed by atoms with Crippen LogP contribution in [0.2, 0.25) is 0 Å². The maximum Gasteiger partial charge on any atom is 0.479 e. The molecule has 2 N–H and O–H groups in total. The van der Waals surface area contributed by atoms with Gasteiger partial charge < -0.3 is 9.42 Å². The molecule has 1 unspecified atom stereocenters. The van der Waals surface area contributed by atoms with Crippen molar-refractivity contribution in [1.29, 1.82) is 0 Å². The van der Waals surface area contributed by atoms with Crippen LogP contribution in [0.4, 0.5) is 11.4 Å². The SMILES string of the molecule is CONP(=O)(O)Oc1ccc([N+](=O)[O-])cc1[N+](=O)[O-]. The summed E-state index contributed by atoms with van der Waals surface area (Å²) < 4.78 is 15.8. The zero-order valence-corrected chi connectivity index (χ0v) is 10.3. The Kier molecular flexibility index (Phi) is 4.51. The van der Waals surface area contributed by atoms with Crippen LogP contribution >= 0.6 is 7.75 Å². The molecule has 0 saturated heterocycles. The third-order valence-electron chi connectivity index (χ3n) is 1.78. The van der Waals surface area contributed by atoms with Crippen LogP contribution in [0.5, 0.6) is 5.75 Å². The molecule has 0 aliphatic carbocycles. The first-order valence-electron chi connectivity index (χ1n) is 4.52. The van der Waals surface area contributed by atoms with Crippen molar-refractivity contribution in [3.63, 3.8) is 0 Å². The van der Waals surface area contributed by atoms with E-state index in [1.54, 1.807) is 5.25 Å². The van der Waals surface area contributed by atoms with Crippen LogP contribution in [0.25, 0.3) is 0 Å². The molecule has 0 saturated carbocycles. The number of nitro benzene ring substituents is 2. The topological polar surface area (TPSA) is 154 Å². The zero-order valence-electron chi connectivity index (χ0n) is 9.38. The van der Waals surface area contributed by atoms with Crippen molar-refractivity contribution in [3.8, 4) is 5.75 Å². The van der Waals surface area contributed by atoms with Crippen LogP contribution in [0, 0.1) is 20.2 Å². The molecular formula is C7H8N3O8P. The van der Waals surface area contributed by atoms with E-state index in [0.717, 1.165) is 19.2 Å². The largest absolute Gasteiger partial charge is 0.479 e. The minimum absolute atomic E-state index is 0.550. The van der Waals surface area contributed by atoms with Gasteiger partial charge in [0.05, 0.1) is 23.0 Å². The quantitative estimate of drug-likeness (QED) is 0.446. The first kappa shape index (κ1) is 15.0. The molecular weight excluding hydrogens is 285 g/mol. The molecule has 104 valence electrons. The fraction of sp³-hybridized carbons (Fsp3) is 0.143. The lowest BCUT2D eigenvalue weighted by molar-refractivity contribution is -0.394. The third kappa shape index (κ3) is 3.96. The van der Waals surface area contributed by atoms with E-state index in [2.05, 4.69) is 9.36 Å². The van der Waals surface area contributed by atoms with Gasteiger partial charge >= 0.3 is 13.4 Å². The molecule has 0 radical (unpaired) electrons. The number of nitrogens with zero attached hydrogens (tertiary/aromatic N) is 2. The first-order valence-corrected chi connectivity index (χ1v) is 6.10. The monoisotopic (exact) mass is 293 g/mol. The molecule has 11 nitrogen and oxygen atoms in total. The van der Waals surface area contributed by atoms with Gasteiger partial charge in [0.15, 0.2) is 0 Å². The first-order chi connectivity index (χ1) is 8.76. The summed E-state index contributed by atoms with van der Waals surface area (Å²) >= 11 is 0. The highest BCUT2D eigenvalue weighted by Gasteiger charge is 2.28. The molecule has 0 aromatic heterocycles. The lowest BCUT2D eigenvalue weighted by atomic mass is 10.2. The van der Waals surface area contributed by atoms with Gasteiger partial charge in [0.1, 0.15) is 0 Å². The molecule has 1 aromatic carbocycles. The molecule has 0 amide bonds. The van der Waals surface area contributed by atoms with E-state index in [0.29, 0.717) is 6.07 Å². The zero-order chi connectivity index (χ0) is 14.6. The van der Waals surface area contributed by atoms with Gasteiger partial charge in [-0.3, -0.25) is 25.1 Å². The Morgan fingerprint density at radius 3 is 2.42 bits per heavy atom. The van der Waals surface area contributed by atoms with E-state index < -0.39 is 34.7 Å². The average Bonchev–Trinajstić information content (AvgIpc) is 2.27. The van der Waals surface area contributed by atoms with Crippen molar-refractivity contribution in [2.24, 2.45) is 0 Å². The Morgan fingerprint density at radius 2 is 1.95 bits per heavy atom. The summed E-state index contributed by atoms with van der Waals surface area (Å²) in [6.07, 6.45) is 0. The van der Waals surface area contributed by atoms with Gasteiger partial charge in [-0.2, -0.15) is 0 Å². The maximum atomic E-state index is 11.3. The molecule has 12 heteroatoms. The second-order valence-electron chi connectivity index (χ2n) is 3.07. The summed E-state index contributed by atoms with van der Waals surface area (Å²) in [5, 5.41) is 22.8. The smallest absolute Gasteiger partial charge is 0.405 e. The van der Waals surface area contributed by atoms with E-state index in [9.17, 15) is 29.7 Å². The van der Waals surface area contributed by atoms with Gasteiger partial charge in [0, 0.05) is 6.07 Å². The van der Waals surface area contributed by atoms with Crippen LogP contribution in [0.15, 0.2) is 18.2 Å². The number of rotatable bonds is 6. The molecule has 19 heavy (non-hydrogen) atoms. The van der Waals surface area contributed by atoms with Crippen LogP contribution in [-0.2, 0) is 9.40 Å².